The van der Waals surface area contributed by atoms with Gasteiger partial charge in [0.05, 0.1) is 11.8 Å². The molecule has 0 saturated heterocycles. The van der Waals surface area contributed by atoms with Crippen LogP contribution in [0.4, 0.5) is 0 Å². The number of rotatable bonds is 3. The Labute approximate surface area is 82.2 Å². The molecule has 0 fully saturated rings. The quantitative estimate of drug-likeness (QED) is 0.690. The maximum atomic E-state index is 10.6. The van der Waals surface area contributed by atoms with Crippen LogP contribution in [0, 0.1) is 0 Å². The molecule has 1 aromatic heterocycles. The fourth-order valence-corrected chi connectivity index (χ4v) is 1.40. The van der Waals surface area contributed by atoms with Crippen LogP contribution in [0.15, 0.2) is 47.3 Å². The zero-order valence-electron chi connectivity index (χ0n) is 7.64. The van der Waals surface area contributed by atoms with Crippen LogP contribution in [0.2, 0.25) is 0 Å². The molecule has 70 valence electrons. The van der Waals surface area contributed by atoms with E-state index >= 15 is 0 Å². The normalized spacial score (nSPS) is 10.0. The molecular weight excluding hydrogens is 176 g/mol. The Bertz CT molecular complexity index is 415. The molecule has 0 aliphatic rings. The molecule has 2 nitrogen and oxygen atoms in total. The fourth-order valence-electron chi connectivity index (χ4n) is 1.40. The van der Waals surface area contributed by atoms with Crippen LogP contribution in [-0.4, -0.2) is 6.29 Å². The van der Waals surface area contributed by atoms with Crippen LogP contribution >= 0.6 is 0 Å². The predicted octanol–water partition coefficient (Wildman–Crippen LogP) is 2.68. The van der Waals surface area contributed by atoms with Gasteiger partial charge in [0, 0.05) is 12.0 Å². The Hall–Kier alpha value is -1.83. The molecule has 0 N–H and O–H groups in total. The summed E-state index contributed by atoms with van der Waals surface area (Å²) >= 11 is 0. The Balaban J connectivity index is 2.23. The Kier molecular flexibility index (Phi) is 2.45. The Morgan fingerprint density at radius 3 is 2.64 bits per heavy atom. The van der Waals surface area contributed by atoms with Gasteiger partial charge in [-0.15, -0.1) is 0 Å². The first-order valence-electron chi connectivity index (χ1n) is 4.44. The van der Waals surface area contributed by atoms with Gasteiger partial charge in [-0.1, -0.05) is 30.3 Å². The van der Waals surface area contributed by atoms with Crippen molar-refractivity contribution in [2.75, 3.05) is 0 Å². The number of hydrogen-bond donors (Lipinski definition) is 0. The summed E-state index contributed by atoms with van der Waals surface area (Å²) < 4.78 is 4.98. The van der Waals surface area contributed by atoms with Crippen LogP contribution in [0.5, 0.6) is 0 Å². The average molecular weight is 186 g/mol. The largest absolute Gasteiger partial charge is 0.472 e. The standard InChI is InChI=1S/C12H10O2/c13-7-12-9-14-8-11(12)6-10-4-2-1-3-5-10/h1-5,7-9H,6H2. The average Bonchev–Trinajstić information content (AvgIpc) is 2.67. The van der Waals surface area contributed by atoms with Gasteiger partial charge in [0.1, 0.15) is 6.26 Å². The molecule has 0 aliphatic carbocycles. The van der Waals surface area contributed by atoms with E-state index in [2.05, 4.69) is 0 Å². The van der Waals surface area contributed by atoms with E-state index in [0.29, 0.717) is 5.56 Å². The molecule has 1 aromatic carbocycles. The highest BCUT2D eigenvalue weighted by molar-refractivity contribution is 5.76. The van der Waals surface area contributed by atoms with E-state index in [1.54, 1.807) is 6.26 Å². The molecule has 0 spiro atoms. The minimum Gasteiger partial charge on any atom is -0.472 e. The lowest BCUT2D eigenvalue weighted by molar-refractivity contribution is 0.112. The SMILES string of the molecule is O=Cc1cocc1Cc1ccccc1. The smallest absolute Gasteiger partial charge is 0.153 e. The first-order chi connectivity index (χ1) is 6.90. The van der Waals surface area contributed by atoms with Crippen molar-refractivity contribution in [1.29, 1.82) is 0 Å². The van der Waals surface area contributed by atoms with Gasteiger partial charge in [0.25, 0.3) is 0 Å². The molecule has 1 heterocycles. The van der Waals surface area contributed by atoms with Gasteiger partial charge >= 0.3 is 0 Å². The van der Waals surface area contributed by atoms with Crippen LogP contribution in [0.1, 0.15) is 21.5 Å². The number of carbonyl (C=O) groups is 1. The number of benzene rings is 1. The molecule has 0 aliphatic heterocycles. The Morgan fingerprint density at radius 1 is 1.14 bits per heavy atom. The minimum atomic E-state index is 0.633. The van der Waals surface area contributed by atoms with Crippen LogP contribution < -0.4 is 0 Å². The topological polar surface area (TPSA) is 30.2 Å². The van der Waals surface area contributed by atoms with E-state index in [0.717, 1.165) is 18.3 Å². The van der Waals surface area contributed by atoms with Gasteiger partial charge in [-0.2, -0.15) is 0 Å². The van der Waals surface area contributed by atoms with E-state index in [1.165, 1.54) is 11.8 Å². The lowest BCUT2D eigenvalue weighted by atomic mass is 10.1. The summed E-state index contributed by atoms with van der Waals surface area (Å²) in [4.78, 5) is 10.6. The molecule has 2 aromatic rings. The number of aldehydes is 1. The highest BCUT2D eigenvalue weighted by Gasteiger charge is 2.04. The predicted molar refractivity (Wildman–Crippen MR) is 53.3 cm³/mol. The van der Waals surface area contributed by atoms with Crippen LogP contribution in [0.3, 0.4) is 0 Å². The third kappa shape index (κ3) is 1.74. The van der Waals surface area contributed by atoms with Crippen molar-refractivity contribution in [2.45, 2.75) is 6.42 Å². The van der Waals surface area contributed by atoms with Crippen molar-refractivity contribution in [3.63, 3.8) is 0 Å². The van der Waals surface area contributed by atoms with Gasteiger partial charge in [-0.25, -0.2) is 0 Å². The van der Waals surface area contributed by atoms with Gasteiger partial charge in [-0.05, 0) is 5.56 Å². The van der Waals surface area contributed by atoms with Gasteiger partial charge in [0.2, 0.25) is 0 Å². The molecule has 0 radical (unpaired) electrons. The van der Waals surface area contributed by atoms with Crippen molar-refractivity contribution in [3.8, 4) is 0 Å². The summed E-state index contributed by atoms with van der Waals surface area (Å²) in [6.45, 7) is 0. The van der Waals surface area contributed by atoms with Crippen molar-refractivity contribution in [3.05, 3.63) is 59.5 Å². The molecule has 0 atom stereocenters. The van der Waals surface area contributed by atoms with E-state index in [9.17, 15) is 4.79 Å². The van der Waals surface area contributed by atoms with Crippen molar-refractivity contribution in [1.82, 2.24) is 0 Å². The third-order valence-corrected chi connectivity index (χ3v) is 2.14. The summed E-state index contributed by atoms with van der Waals surface area (Å²) in [5, 5.41) is 0. The molecule has 0 saturated carbocycles. The zero-order chi connectivity index (χ0) is 9.80. The lowest BCUT2D eigenvalue weighted by Gasteiger charge is -1.97. The van der Waals surface area contributed by atoms with E-state index in [-0.39, 0.29) is 0 Å². The fraction of sp³-hybridized carbons (Fsp3) is 0.0833. The molecule has 0 amide bonds. The number of carbonyl (C=O) groups excluding carboxylic acids is 1. The first-order valence-corrected chi connectivity index (χ1v) is 4.44. The second-order valence-corrected chi connectivity index (χ2v) is 3.13. The highest BCUT2D eigenvalue weighted by Crippen LogP contribution is 2.13. The first kappa shape index (κ1) is 8.75. The molecule has 2 heteroatoms. The number of hydrogen-bond acceptors (Lipinski definition) is 2. The lowest BCUT2D eigenvalue weighted by Crippen LogP contribution is -1.89. The second-order valence-electron chi connectivity index (χ2n) is 3.13. The monoisotopic (exact) mass is 186 g/mol. The third-order valence-electron chi connectivity index (χ3n) is 2.14. The maximum absolute atomic E-state index is 10.6. The molecule has 0 unspecified atom stereocenters. The van der Waals surface area contributed by atoms with Crippen LogP contribution in [0.25, 0.3) is 0 Å². The summed E-state index contributed by atoms with van der Waals surface area (Å²) in [6.07, 6.45) is 4.66. The van der Waals surface area contributed by atoms with E-state index < -0.39 is 0 Å². The summed E-state index contributed by atoms with van der Waals surface area (Å²) in [7, 11) is 0. The summed E-state index contributed by atoms with van der Waals surface area (Å²) in [5.41, 5.74) is 2.75. The zero-order valence-corrected chi connectivity index (χ0v) is 7.64. The van der Waals surface area contributed by atoms with Crippen molar-refractivity contribution in [2.24, 2.45) is 0 Å². The summed E-state index contributed by atoms with van der Waals surface area (Å²) in [5.74, 6) is 0. The molecule has 14 heavy (non-hydrogen) atoms. The van der Waals surface area contributed by atoms with Gasteiger partial charge in [0.15, 0.2) is 6.29 Å². The molecule has 2 rings (SSSR count). The van der Waals surface area contributed by atoms with Gasteiger partial charge < -0.3 is 4.42 Å². The molecular formula is C12H10O2. The van der Waals surface area contributed by atoms with E-state index in [1.807, 2.05) is 30.3 Å². The maximum Gasteiger partial charge on any atom is 0.153 e. The summed E-state index contributed by atoms with van der Waals surface area (Å²) in [6, 6.07) is 9.99. The van der Waals surface area contributed by atoms with Crippen LogP contribution in [-0.2, 0) is 6.42 Å². The second kappa shape index (κ2) is 3.92. The molecule has 0 bridgehead atoms. The minimum absolute atomic E-state index is 0.633. The van der Waals surface area contributed by atoms with Crippen molar-refractivity contribution >= 4 is 6.29 Å². The highest BCUT2D eigenvalue weighted by atomic mass is 16.3. The van der Waals surface area contributed by atoms with Crippen molar-refractivity contribution < 1.29 is 9.21 Å². The van der Waals surface area contributed by atoms with E-state index in [4.69, 9.17) is 4.42 Å². The number of furan rings is 1. The van der Waals surface area contributed by atoms with Gasteiger partial charge in [-0.3, -0.25) is 4.79 Å². The Morgan fingerprint density at radius 2 is 1.93 bits per heavy atom.